The number of rotatable bonds is 5. The van der Waals surface area contributed by atoms with Crippen LogP contribution in [-0.4, -0.2) is 20.4 Å². The van der Waals surface area contributed by atoms with Gasteiger partial charge in [-0.1, -0.05) is 18.2 Å². The van der Waals surface area contributed by atoms with Crippen LogP contribution in [0.1, 0.15) is 27.8 Å². The molecule has 7 nitrogen and oxygen atoms in total. The molecule has 1 heterocycles. The lowest BCUT2D eigenvalue weighted by atomic mass is 10.0. The lowest BCUT2D eigenvalue weighted by Gasteiger charge is -2.19. The van der Waals surface area contributed by atoms with Crippen molar-refractivity contribution < 1.29 is 14.1 Å². The third-order valence-corrected chi connectivity index (χ3v) is 3.95. The average molecular weight is 354 g/mol. The first-order valence-corrected chi connectivity index (χ1v) is 7.74. The fraction of sp³-hybridized carbons (Fsp3) is 0.111. The molecule has 0 saturated carbocycles. The molecule has 0 unspecified atom stereocenters. The van der Waals surface area contributed by atoms with E-state index in [1.165, 1.54) is 30.3 Å². The Morgan fingerprint density at radius 1 is 1.23 bits per heavy atom. The van der Waals surface area contributed by atoms with Gasteiger partial charge in [-0.15, -0.1) is 0 Å². The summed E-state index contributed by atoms with van der Waals surface area (Å²) < 4.78 is 16.0. The fourth-order valence-electron chi connectivity index (χ4n) is 2.59. The molecule has 1 atom stereocenters. The van der Waals surface area contributed by atoms with E-state index >= 15 is 0 Å². The van der Waals surface area contributed by atoms with Gasteiger partial charge in [0.2, 0.25) is 0 Å². The van der Waals surface area contributed by atoms with E-state index in [9.17, 15) is 19.3 Å². The van der Waals surface area contributed by atoms with Gasteiger partial charge in [-0.05, 0) is 18.2 Å². The summed E-state index contributed by atoms with van der Waals surface area (Å²) in [5, 5.41) is 13.5. The van der Waals surface area contributed by atoms with Crippen LogP contribution in [-0.2, 0) is 7.05 Å². The van der Waals surface area contributed by atoms with Gasteiger partial charge in [-0.3, -0.25) is 14.9 Å². The van der Waals surface area contributed by atoms with Crippen molar-refractivity contribution in [1.82, 2.24) is 14.9 Å². The zero-order chi connectivity index (χ0) is 18.7. The quantitative estimate of drug-likeness (QED) is 0.563. The van der Waals surface area contributed by atoms with Crippen LogP contribution in [0.5, 0.6) is 0 Å². The highest BCUT2D eigenvalue weighted by atomic mass is 19.1. The lowest BCUT2D eigenvalue weighted by Crippen LogP contribution is -2.31. The van der Waals surface area contributed by atoms with E-state index in [1.54, 1.807) is 42.2 Å². The molecule has 0 spiro atoms. The molecular weight excluding hydrogens is 339 g/mol. The number of benzene rings is 2. The second-order valence-corrected chi connectivity index (χ2v) is 5.63. The first-order valence-electron chi connectivity index (χ1n) is 7.74. The third kappa shape index (κ3) is 3.44. The SMILES string of the molecule is Cn1ccnc1[C@H](NC(=O)c1ccc([N+](=O)[O-])cc1)c1ccccc1F. The number of aryl methyl sites for hydroxylation is 1. The Kier molecular flexibility index (Phi) is 4.74. The second-order valence-electron chi connectivity index (χ2n) is 5.63. The Morgan fingerprint density at radius 3 is 2.50 bits per heavy atom. The molecule has 3 aromatic rings. The predicted octanol–water partition coefficient (Wildman–Crippen LogP) is 2.99. The van der Waals surface area contributed by atoms with Crippen molar-refractivity contribution in [3.8, 4) is 0 Å². The van der Waals surface area contributed by atoms with Crippen LogP contribution in [0.4, 0.5) is 10.1 Å². The average Bonchev–Trinajstić information content (AvgIpc) is 3.06. The maximum Gasteiger partial charge on any atom is 0.269 e. The minimum atomic E-state index is -0.807. The molecule has 8 heteroatoms. The van der Waals surface area contributed by atoms with Gasteiger partial charge < -0.3 is 9.88 Å². The molecule has 1 amide bonds. The number of nitrogens with zero attached hydrogens (tertiary/aromatic N) is 3. The molecule has 0 saturated heterocycles. The number of halogens is 1. The number of hydrogen-bond acceptors (Lipinski definition) is 4. The number of nitro groups is 1. The first-order chi connectivity index (χ1) is 12.5. The molecule has 132 valence electrons. The molecule has 26 heavy (non-hydrogen) atoms. The van der Waals surface area contributed by atoms with Crippen molar-refractivity contribution in [2.45, 2.75) is 6.04 Å². The van der Waals surface area contributed by atoms with Gasteiger partial charge >= 0.3 is 0 Å². The standard InChI is InChI=1S/C18H15FN4O3/c1-22-11-10-20-17(22)16(14-4-2-3-5-15(14)19)21-18(24)12-6-8-13(9-7-12)23(25)26/h2-11,16H,1H3,(H,21,24)/t16-/m1/s1. The topological polar surface area (TPSA) is 90.1 Å². The van der Waals surface area contributed by atoms with Gasteiger partial charge in [-0.25, -0.2) is 9.37 Å². The Morgan fingerprint density at radius 2 is 1.92 bits per heavy atom. The van der Waals surface area contributed by atoms with Crippen LogP contribution in [0, 0.1) is 15.9 Å². The molecule has 1 N–H and O–H groups in total. The maximum atomic E-state index is 14.3. The van der Waals surface area contributed by atoms with Crippen molar-refractivity contribution in [2.24, 2.45) is 7.05 Å². The summed E-state index contributed by atoms with van der Waals surface area (Å²) in [5.74, 6) is -0.494. The highest BCUT2D eigenvalue weighted by Gasteiger charge is 2.24. The van der Waals surface area contributed by atoms with Crippen LogP contribution in [0.2, 0.25) is 0 Å². The van der Waals surface area contributed by atoms with E-state index in [4.69, 9.17) is 0 Å². The summed E-state index contributed by atoms with van der Waals surface area (Å²) in [7, 11) is 1.74. The molecular formula is C18H15FN4O3. The molecule has 2 aromatic carbocycles. The number of aromatic nitrogens is 2. The molecule has 0 radical (unpaired) electrons. The van der Waals surface area contributed by atoms with E-state index < -0.39 is 22.7 Å². The molecule has 0 aliphatic rings. The monoisotopic (exact) mass is 354 g/mol. The van der Waals surface area contributed by atoms with E-state index in [2.05, 4.69) is 10.3 Å². The molecule has 0 aliphatic carbocycles. The first kappa shape index (κ1) is 17.3. The predicted molar refractivity (Wildman–Crippen MR) is 92.0 cm³/mol. The van der Waals surface area contributed by atoms with E-state index in [1.807, 2.05) is 0 Å². The zero-order valence-corrected chi connectivity index (χ0v) is 13.8. The summed E-state index contributed by atoms with van der Waals surface area (Å²) in [6.45, 7) is 0. The Balaban J connectivity index is 1.93. The van der Waals surface area contributed by atoms with E-state index in [0.717, 1.165) is 0 Å². The van der Waals surface area contributed by atoms with Gasteiger partial charge in [0.05, 0.1) is 4.92 Å². The largest absolute Gasteiger partial charge is 0.338 e. The number of nitrogens with one attached hydrogen (secondary N) is 1. The zero-order valence-electron chi connectivity index (χ0n) is 13.8. The minimum Gasteiger partial charge on any atom is -0.338 e. The Bertz CT molecular complexity index is 953. The lowest BCUT2D eigenvalue weighted by molar-refractivity contribution is -0.384. The second kappa shape index (κ2) is 7.14. The Labute approximate surface area is 148 Å². The van der Waals surface area contributed by atoms with Crippen LogP contribution >= 0.6 is 0 Å². The van der Waals surface area contributed by atoms with Gasteiger partial charge in [0.1, 0.15) is 17.7 Å². The summed E-state index contributed by atoms with van der Waals surface area (Å²) >= 11 is 0. The number of carbonyl (C=O) groups is 1. The number of carbonyl (C=O) groups excluding carboxylic acids is 1. The van der Waals surface area contributed by atoms with Crippen molar-refractivity contribution in [3.63, 3.8) is 0 Å². The summed E-state index contributed by atoms with van der Waals surface area (Å²) in [4.78, 5) is 27.0. The summed E-state index contributed by atoms with van der Waals surface area (Å²) in [6.07, 6.45) is 3.25. The van der Waals surface area contributed by atoms with Crippen LogP contribution in [0.15, 0.2) is 60.9 Å². The normalized spacial score (nSPS) is 11.8. The molecule has 0 fully saturated rings. The summed E-state index contributed by atoms with van der Waals surface area (Å²) in [5.41, 5.74) is 0.388. The van der Waals surface area contributed by atoms with Crippen molar-refractivity contribution >= 4 is 11.6 Å². The molecule has 3 rings (SSSR count). The number of nitro benzene ring substituents is 1. The minimum absolute atomic E-state index is 0.115. The van der Waals surface area contributed by atoms with Gasteiger partial charge in [0.25, 0.3) is 11.6 Å². The fourth-order valence-corrected chi connectivity index (χ4v) is 2.59. The smallest absolute Gasteiger partial charge is 0.269 e. The maximum absolute atomic E-state index is 14.3. The van der Waals surface area contributed by atoms with Gasteiger partial charge in [0.15, 0.2) is 0 Å². The highest BCUT2D eigenvalue weighted by molar-refractivity contribution is 5.94. The summed E-state index contributed by atoms with van der Waals surface area (Å²) in [6, 6.07) is 10.5. The van der Waals surface area contributed by atoms with Crippen LogP contribution < -0.4 is 5.32 Å². The van der Waals surface area contributed by atoms with Gasteiger partial charge in [-0.2, -0.15) is 0 Å². The van der Waals surface area contributed by atoms with Crippen molar-refractivity contribution in [2.75, 3.05) is 0 Å². The van der Waals surface area contributed by atoms with Crippen molar-refractivity contribution in [1.29, 1.82) is 0 Å². The third-order valence-electron chi connectivity index (χ3n) is 3.95. The van der Waals surface area contributed by atoms with E-state index in [-0.39, 0.29) is 16.8 Å². The van der Waals surface area contributed by atoms with Crippen LogP contribution in [0.3, 0.4) is 0 Å². The molecule has 1 aromatic heterocycles. The number of imidazole rings is 1. The number of amides is 1. The molecule has 0 bridgehead atoms. The Hall–Kier alpha value is -3.55. The molecule has 0 aliphatic heterocycles. The number of hydrogen-bond donors (Lipinski definition) is 1. The van der Waals surface area contributed by atoms with E-state index in [0.29, 0.717) is 5.82 Å². The van der Waals surface area contributed by atoms with Gasteiger partial charge in [0, 0.05) is 42.7 Å². The van der Waals surface area contributed by atoms with Crippen molar-refractivity contribution in [3.05, 3.63) is 93.8 Å². The number of non-ortho nitro benzene ring substituents is 1. The van der Waals surface area contributed by atoms with Crippen LogP contribution in [0.25, 0.3) is 0 Å². The highest BCUT2D eigenvalue weighted by Crippen LogP contribution is 2.24.